The number of unbranched alkanes of at least 4 members (excludes halogenated alkanes) is 10. The Balaban J connectivity index is 3.31. The van der Waals surface area contributed by atoms with Gasteiger partial charge in [-0.25, -0.2) is 0 Å². The van der Waals surface area contributed by atoms with Crippen molar-refractivity contribution in [2.75, 3.05) is 23.0 Å². The van der Waals surface area contributed by atoms with Crippen molar-refractivity contribution in [2.45, 2.75) is 142 Å². The van der Waals surface area contributed by atoms with Crippen LogP contribution in [0.2, 0.25) is 0 Å². The molecule has 2 atom stereocenters. The lowest BCUT2D eigenvalue weighted by Gasteiger charge is -2.10. The second-order valence-electron chi connectivity index (χ2n) is 9.32. The van der Waals surface area contributed by atoms with Crippen molar-refractivity contribution in [1.29, 1.82) is 0 Å². The number of carbonyl (C=O) groups excluding carboxylic acids is 1. The van der Waals surface area contributed by atoms with Crippen LogP contribution in [0.25, 0.3) is 0 Å². The van der Waals surface area contributed by atoms with Gasteiger partial charge in [-0.15, -0.1) is 0 Å². The van der Waals surface area contributed by atoms with Gasteiger partial charge in [0, 0.05) is 24.3 Å². The lowest BCUT2D eigenvalue weighted by Crippen LogP contribution is -2.10. The van der Waals surface area contributed by atoms with E-state index in [2.05, 4.69) is 13.8 Å². The van der Waals surface area contributed by atoms with Crippen LogP contribution < -0.4 is 0 Å². The van der Waals surface area contributed by atoms with E-state index >= 15 is 0 Å². The van der Waals surface area contributed by atoms with Gasteiger partial charge in [-0.2, -0.15) is 23.5 Å². The summed E-state index contributed by atoms with van der Waals surface area (Å²) >= 11 is 3.72. The molecule has 0 aliphatic rings. The summed E-state index contributed by atoms with van der Waals surface area (Å²) in [6.07, 6.45) is 19.5. The Morgan fingerprint density at radius 2 is 1.00 bits per heavy atom. The van der Waals surface area contributed by atoms with Gasteiger partial charge in [0.15, 0.2) is 0 Å². The maximum Gasteiger partial charge on any atom is 0.132 e. The molecule has 0 aromatic rings. The van der Waals surface area contributed by atoms with E-state index in [1.165, 1.54) is 38.5 Å². The number of hydrogen-bond acceptors (Lipinski definition) is 5. The van der Waals surface area contributed by atoms with Crippen molar-refractivity contribution in [1.82, 2.24) is 0 Å². The van der Waals surface area contributed by atoms with Crippen molar-refractivity contribution < 1.29 is 15.0 Å². The number of carbonyl (C=O) groups is 1. The smallest absolute Gasteiger partial charge is 0.132 e. The molecule has 192 valence electrons. The number of hydrogen-bond donors (Lipinski definition) is 2. The minimum atomic E-state index is -0.141. The van der Waals surface area contributed by atoms with Gasteiger partial charge < -0.3 is 10.2 Å². The Labute approximate surface area is 208 Å². The molecule has 32 heavy (non-hydrogen) atoms. The Morgan fingerprint density at radius 3 is 1.41 bits per heavy atom. The minimum Gasteiger partial charge on any atom is -0.392 e. The summed E-state index contributed by atoms with van der Waals surface area (Å²) in [5.41, 5.74) is 0. The predicted octanol–water partition coefficient (Wildman–Crippen LogP) is 7.81. The number of aliphatic hydroxyl groups excluding tert-OH is 2. The Morgan fingerprint density at radius 1 is 0.594 bits per heavy atom. The van der Waals surface area contributed by atoms with E-state index in [0.717, 1.165) is 100 Å². The summed E-state index contributed by atoms with van der Waals surface area (Å²) in [6, 6.07) is 0. The summed E-state index contributed by atoms with van der Waals surface area (Å²) in [5.74, 6) is 4.36. The normalized spacial score (nSPS) is 13.4. The predicted molar refractivity (Wildman–Crippen MR) is 146 cm³/mol. The minimum absolute atomic E-state index is 0.141. The second-order valence-corrected chi connectivity index (χ2v) is 11.6. The first-order valence-corrected chi connectivity index (χ1v) is 15.9. The van der Waals surface area contributed by atoms with Crippen LogP contribution in [0.4, 0.5) is 0 Å². The van der Waals surface area contributed by atoms with E-state index in [9.17, 15) is 15.0 Å². The van der Waals surface area contributed by atoms with E-state index in [-0.39, 0.29) is 12.2 Å². The summed E-state index contributed by atoms with van der Waals surface area (Å²) < 4.78 is 0. The first kappa shape index (κ1) is 32.3. The highest BCUT2D eigenvalue weighted by atomic mass is 32.2. The molecule has 5 heteroatoms. The van der Waals surface area contributed by atoms with Gasteiger partial charge in [0.05, 0.1) is 12.2 Å². The van der Waals surface area contributed by atoms with E-state index < -0.39 is 0 Å². The van der Waals surface area contributed by atoms with Crippen LogP contribution in [0.1, 0.15) is 129 Å². The zero-order chi connectivity index (χ0) is 23.7. The van der Waals surface area contributed by atoms with Crippen LogP contribution in [0.15, 0.2) is 0 Å². The molecule has 0 radical (unpaired) electrons. The van der Waals surface area contributed by atoms with E-state index in [0.29, 0.717) is 5.78 Å². The van der Waals surface area contributed by atoms with Crippen LogP contribution in [0.3, 0.4) is 0 Å². The van der Waals surface area contributed by atoms with Crippen LogP contribution in [-0.4, -0.2) is 51.2 Å². The van der Waals surface area contributed by atoms with E-state index in [1.54, 1.807) is 0 Å². The van der Waals surface area contributed by atoms with Crippen molar-refractivity contribution >= 4 is 29.3 Å². The van der Waals surface area contributed by atoms with Crippen molar-refractivity contribution in [3.8, 4) is 0 Å². The van der Waals surface area contributed by atoms with Gasteiger partial charge >= 0.3 is 0 Å². The summed E-state index contributed by atoms with van der Waals surface area (Å²) in [5, 5.41) is 19.9. The molecular formula is C27H54O3S2. The first-order valence-electron chi connectivity index (χ1n) is 13.6. The Hall–Kier alpha value is 0.290. The highest BCUT2D eigenvalue weighted by molar-refractivity contribution is 7.99. The third-order valence-corrected chi connectivity index (χ3v) is 8.29. The van der Waals surface area contributed by atoms with Crippen LogP contribution in [0.5, 0.6) is 0 Å². The third-order valence-electron chi connectivity index (χ3n) is 5.89. The van der Waals surface area contributed by atoms with Crippen LogP contribution in [0, 0.1) is 0 Å². The summed E-state index contributed by atoms with van der Waals surface area (Å²) in [4.78, 5) is 12.0. The molecule has 2 N–H and O–H groups in total. The van der Waals surface area contributed by atoms with Gasteiger partial charge in [0.25, 0.3) is 0 Å². The van der Waals surface area contributed by atoms with Gasteiger partial charge in [-0.1, -0.05) is 78.1 Å². The monoisotopic (exact) mass is 490 g/mol. The first-order chi connectivity index (χ1) is 15.6. The molecule has 0 aromatic carbocycles. The van der Waals surface area contributed by atoms with Crippen molar-refractivity contribution in [3.05, 3.63) is 0 Å². The van der Waals surface area contributed by atoms with Crippen LogP contribution >= 0.6 is 23.5 Å². The van der Waals surface area contributed by atoms with Gasteiger partial charge in [-0.3, -0.25) is 4.79 Å². The lowest BCUT2D eigenvalue weighted by molar-refractivity contribution is -0.119. The van der Waals surface area contributed by atoms with Gasteiger partial charge in [-0.05, 0) is 50.0 Å². The molecule has 0 saturated heterocycles. The number of aliphatic hydroxyl groups is 2. The summed E-state index contributed by atoms with van der Waals surface area (Å²) in [6.45, 7) is 4.43. The third kappa shape index (κ3) is 24.9. The molecule has 0 fully saturated rings. The average molecular weight is 491 g/mol. The van der Waals surface area contributed by atoms with Gasteiger partial charge in [0.2, 0.25) is 0 Å². The molecule has 0 spiro atoms. The molecule has 0 heterocycles. The van der Waals surface area contributed by atoms with E-state index in [1.807, 2.05) is 23.5 Å². The van der Waals surface area contributed by atoms with Crippen molar-refractivity contribution in [2.24, 2.45) is 0 Å². The quantitative estimate of drug-likeness (QED) is 0.121. The van der Waals surface area contributed by atoms with Crippen LogP contribution in [-0.2, 0) is 4.79 Å². The molecule has 0 aromatic heterocycles. The molecule has 0 saturated carbocycles. The van der Waals surface area contributed by atoms with Crippen molar-refractivity contribution in [3.63, 3.8) is 0 Å². The molecule has 0 rings (SSSR count). The maximum absolute atomic E-state index is 12.0. The zero-order valence-corrected chi connectivity index (χ0v) is 23.0. The molecule has 2 unspecified atom stereocenters. The fourth-order valence-corrected chi connectivity index (χ4v) is 5.78. The second kappa shape index (κ2) is 25.9. The largest absolute Gasteiger partial charge is 0.392 e. The topological polar surface area (TPSA) is 57.5 Å². The lowest BCUT2D eigenvalue weighted by atomic mass is 10.1. The Kier molecular flexibility index (Phi) is 26.1. The molecule has 0 aliphatic heterocycles. The molecule has 0 aliphatic carbocycles. The average Bonchev–Trinajstić information content (AvgIpc) is 2.78. The molecule has 0 amide bonds. The highest BCUT2D eigenvalue weighted by Gasteiger charge is 2.06. The number of ketones is 1. The SMILES string of the molecule is CCCCCCC(O)CSCCCCCC(=O)CCCCCSCC(O)CCCCCC. The molecular weight excluding hydrogens is 436 g/mol. The molecule has 0 bridgehead atoms. The highest BCUT2D eigenvalue weighted by Crippen LogP contribution is 2.15. The van der Waals surface area contributed by atoms with E-state index in [4.69, 9.17) is 0 Å². The van der Waals surface area contributed by atoms with Gasteiger partial charge in [0.1, 0.15) is 5.78 Å². The summed E-state index contributed by atoms with van der Waals surface area (Å²) in [7, 11) is 0. The molecule has 3 nitrogen and oxygen atoms in total. The zero-order valence-electron chi connectivity index (χ0n) is 21.3. The standard InChI is InChI=1S/C27H54O3S2/c1-3-5-7-11-19-26(29)23-31-21-15-9-13-17-25(28)18-14-10-16-22-32-24-27(30)20-12-8-6-4-2/h26-27,29-30H,3-24H2,1-2H3. The fourth-order valence-electron chi connectivity index (χ4n) is 3.75. The Bertz CT molecular complexity index is 359. The number of thioether (sulfide) groups is 2. The fraction of sp³-hybridized carbons (Fsp3) is 0.963. The maximum atomic E-state index is 12.0. The number of rotatable bonds is 26. The number of Topliss-reactive ketones (excluding diaryl/α,β-unsaturated/α-hetero) is 1.